The average molecular weight is 244 g/mol. The van der Waals surface area contributed by atoms with Gasteiger partial charge in [0.05, 0.1) is 13.0 Å². The van der Waals surface area contributed by atoms with Gasteiger partial charge >= 0.3 is 5.97 Å². The van der Waals surface area contributed by atoms with Crippen molar-refractivity contribution in [2.24, 2.45) is 0 Å². The lowest BCUT2D eigenvalue weighted by atomic mass is 10.2. The topological polar surface area (TPSA) is 57.5 Å². The molecule has 1 aromatic rings. The summed E-state index contributed by atoms with van der Waals surface area (Å²) in [5.41, 5.74) is 0.805. The van der Waals surface area contributed by atoms with E-state index in [1.165, 1.54) is 0 Å². The minimum Gasteiger partial charge on any atom is -0.481 e. The molecule has 15 heavy (non-hydrogen) atoms. The van der Waals surface area contributed by atoms with E-state index in [1.54, 1.807) is 21.6 Å². The van der Waals surface area contributed by atoms with Crippen molar-refractivity contribution >= 4 is 27.6 Å². The highest BCUT2D eigenvalue weighted by atomic mass is 33.1. The smallest absolute Gasteiger partial charge is 0.307 e. The van der Waals surface area contributed by atoms with Crippen LogP contribution in [0.15, 0.2) is 29.2 Å². The van der Waals surface area contributed by atoms with Crippen LogP contribution in [0.25, 0.3) is 0 Å². The van der Waals surface area contributed by atoms with Crippen molar-refractivity contribution in [1.29, 1.82) is 0 Å². The van der Waals surface area contributed by atoms with Crippen molar-refractivity contribution < 1.29 is 15.0 Å². The second-order valence-electron chi connectivity index (χ2n) is 2.84. The van der Waals surface area contributed by atoms with E-state index in [1.807, 2.05) is 24.3 Å². The number of aliphatic hydroxyl groups excluding tert-OH is 1. The maximum Gasteiger partial charge on any atom is 0.307 e. The molecule has 0 atom stereocenters. The summed E-state index contributed by atoms with van der Waals surface area (Å²) in [6.07, 6.45) is 0.0642. The van der Waals surface area contributed by atoms with Crippen molar-refractivity contribution in [3.8, 4) is 0 Å². The molecule has 5 heteroatoms. The molecule has 0 aliphatic carbocycles. The van der Waals surface area contributed by atoms with Crippen LogP contribution in [0.5, 0.6) is 0 Å². The predicted octanol–water partition coefficient (Wildman–Crippen LogP) is 2.05. The van der Waals surface area contributed by atoms with Gasteiger partial charge in [-0.2, -0.15) is 0 Å². The lowest BCUT2D eigenvalue weighted by Crippen LogP contribution is -1.99. The highest BCUT2D eigenvalue weighted by molar-refractivity contribution is 8.76. The Morgan fingerprint density at radius 1 is 1.27 bits per heavy atom. The Labute approximate surface area is 96.3 Å². The Hall–Kier alpha value is -0.650. The van der Waals surface area contributed by atoms with Gasteiger partial charge in [0, 0.05) is 10.6 Å². The van der Waals surface area contributed by atoms with E-state index in [2.05, 4.69) is 0 Å². The Kier molecular flexibility index (Phi) is 5.60. The lowest BCUT2D eigenvalue weighted by molar-refractivity contribution is -0.136. The van der Waals surface area contributed by atoms with Crippen LogP contribution in [0.3, 0.4) is 0 Å². The first kappa shape index (κ1) is 12.4. The molecule has 0 saturated carbocycles. The van der Waals surface area contributed by atoms with Crippen molar-refractivity contribution in [3.05, 3.63) is 29.8 Å². The second kappa shape index (κ2) is 6.76. The van der Waals surface area contributed by atoms with E-state index in [0.717, 1.165) is 10.5 Å². The van der Waals surface area contributed by atoms with Crippen molar-refractivity contribution in [1.82, 2.24) is 0 Å². The molecule has 1 rings (SSSR count). The van der Waals surface area contributed by atoms with Gasteiger partial charge in [-0.3, -0.25) is 4.79 Å². The van der Waals surface area contributed by atoms with Crippen LogP contribution < -0.4 is 0 Å². The van der Waals surface area contributed by atoms with Crippen LogP contribution in [0.2, 0.25) is 0 Å². The summed E-state index contributed by atoms with van der Waals surface area (Å²) < 4.78 is 0. The van der Waals surface area contributed by atoms with Gasteiger partial charge in [-0.15, -0.1) is 0 Å². The summed E-state index contributed by atoms with van der Waals surface area (Å²) >= 11 is 0. The number of carboxylic acids is 1. The van der Waals surface area contributed by atoms with Gasteiger partial charge < -0.3 is 10.2 Å². The maximum atomic E-state index is 10.4. The molecule has 0 heterocycles. The minimum absolute atomic E-state index is 0.0642. The molecular weight excluding hydrogens is 232 g/mol. The average Bonchev–Trinajstić information content (AvgIpc) is 2.20. The molecule has 0 radical (unpaired) electrons. The summed E-state index contributed by atoms with van der Waals surface area (Å²) in [5, 5.41) is 17.2. The molecule has 82 valence electrons. The monoisotopic (exact) mass is 244 g/mol. The van der Waals surface area contributed by atoms with Gasteiger partial charge in [-0.05, 0) is 17.7 Å². The number of carbonyl (C=O) groups is 1. The molecule has 0 aliphatic rings. The summed E-state index contributed by atoms with van der Waals surface area (Å²) in [6.45, 7) is 0.175. The van der Waals surface area contributed by atoms with E-state index in [-0.39, 0.29) is 13.0 Å². The number of rotatable bonds is 6. The highest BCUT2D eigenvalue weighted by Crippen LogP contribution is 2.30. The van der Waals surface area contributed by atoms with E-state index >= 15 is 0 Å². The fourth-order valence-corrected chi connectivity index (χ4v) is 2.74. The van der Waals surface area contributed by atoms with Gasteiger partial charge in [0.25, 0.3) is 0 Å². The SMILES string of the molecule is O=C(O)Cc1ccc(SSCCO)cc1. The molecular formula is C10H12O3S2. The molecule has 3 nitrogen and oxygen atoms in total. The van der Waals surface area contributed by atoms with Crippen LogP contribution in [0.1, 0.15) is 5.56 Å². The fourth-order valence-electron chi connectivity index (χ4n) is 0.984. The van der Waals surface area contributed by atoms with E-state index in [0.29, 0.717) is 5.75 Å². The molecule has 0 aromatic heterocycles. The lowest BCUT2D eigenvalue weighted by Gasteiger charge is -2.01. The standard InChI is InChI=1S/C10H12O3S2/c11-5-6-14-15-9-3-1-8(2-4-9)7-10(12)13/h1-4,11H,5-7H2,(H,12,13). The quantitative estimate of drug-likeness (QED) is 0.592. The maximum absolute atomic E-state index is 10.4. The molecule has 0 fully saturated rings. The largest absolute Gasteiger partial charge is 0.481 e. The van der Waals surface area contributed by atoms with Crippen molar-refractivity contribution in [2.45, 2.75) is 11.3 Å². The van der Waals surface area contributed by atoms with E-state index in [9.17, 15) is 4.79 Å². The van der Waals surface area contributed by atoms with Gasteiger partial charge in [-0.25, -0.2) is 0 Å². The zero-order valence-electron chi connectivity index (χ0n) is 8.05. The number of aliphatic hydroxyl groups is 1. The molecule has 0 bridgehead atoms. The molecule has 0 aliphatic heterocycles. The minimum atomic E-state index is -0.815. The van der Waals surface area contributed by atoms with E-state index in [4.69, 9.17) is 10.2 Å². The first-order valence-corrected chi connectivity index (χ1v) is 6.75. The molecule has 0 amide bonds. The second-order valence-corrected chi connectivity index (χ2v) is 5.33. The molecule has 2 N–H and O–H groups in total. The molecule has 0 spiro atoms. The molecule has 0 unspecified atom stereocenters. The number of benzene rings is 1. The molecule has 1 aromatic carbocycles. The number of hydrogen-bond donors (Lipinski definition) is 2. The van der Waals surface area contributed by atoms with Crippen molar-refractivity contribution in [3.63, 3.8) is 0 Å². The summed E-state index contributed by atoms with van der Waals surface area (Å²) in [4.78, 5) is 11.5. The van der Waals surface area contributed by atoms with Crippen LogP contribution in [0, 0.1) is 0 Å². The van der Waals surface area contributed by atoms with Gasteiger partial charge in [0.15, 0.2) is 0 Å². The van der Waals surface area contributed by atoms with Crippen LogP contribution >= 0.6 is 21.6 Å². The predicted molar refractivity (Wildman–Crippen MR) is 63.2 cm³/mol. The van der Waals surface area contributed by atoms with Crippen LogP contribution in [-0.4, -0.2) is 28.5 Å². The first-order valence-electron chi connectivity index (χ1n) is 4.43. The third-order valence-electron chi connectivity index (χ3n) is 1.61. The zero-order chi connectivity index (χ0) is 11.1. The van der Waals surface area contributed by atoms with Crippen LogP contribution in [-0.2, 0) is 11.2 Å². The summed E-state index contributed by atoms with van der Waals surface area (Å²) in [7, 11) is 3.16. The first-order chi connectivity index (χ1) is 7.22. The summed E-state index contributed by atoms with van der Waals surface area (Å²) in [6, 6.07) is 7.42. The Morgan fingerprint density at radius 2 is 1.93 bits per heavy atom. The number of hydrogen-bond acceptors (Lipinski definition) is 4. The third-order valence-corrected chi connectivity index (χ3v) is 3.97. The number of aliphatic carboxylic acids is 1. The van der Waals surface area contributed by atoms with E-state index < -0.39 is 5.97 Å². The molecule has 0 saturated heterocycles. The Morgan fingerprint density at radius 3 is 2.47 bits per heavy atom. The summed E-state index contributed by atoms with van der Waals surface area (Å²) in [5.74, 6) is -0.119. The Bertz CT molecular complexity index is 311. The highest BCUT2D eigenvalue weighted by Gasteiger charge is 2.00. The third kappa shape index (κ3) is 5.11. The van der Waals surface area contributed by atoms with Crippen molar-refractivity contribution in [2.75, 3.05) is 12.4 Å². The number of carboxylic acid groups (broad SMARTS) is 1. The fraction of sp³-hybridized carbons (Fsp3) is 0.300. The van der Waals surface area contributed by atoms with Gasteiger partial charge in [0.2, 0.25) is 0 Å². The van der Waals surface area contributed by atoms with Crippen LogP contribution in [0.4, 0.5) is 0 Å². The zero-order valence-corrected chi connectivity index (χ0v) is 9.68. The Balaban J connectivity index is 2.45. The van der Waals surface area contributed by atoms with Gasteiger partial charge in [0.1, 0.15) is 0 Å². The normalized spacial score (nSPS) is 10.2. The van der Waals surface area contributed by atoms with Gasteiger partial charge in [-0.1, -0.05) is 33.7 Å².